The van der Waals surface area contributed by atoms with Gasteiger partial charge in [0.15, 0.2) is 0 Å². The van der Waals surface area contributed by atoms with Crippen molar-refractivity contribution in [3.8, 4) is 11.5 Å². The number of hydrogen-bond donors (Lipinski definition) is 1. The van der Waals surface area contributed by atoms with Crippen LogP contribution < -0.4 is 14.8 Å². The van der Waals surface area contributed by atoms with Crippen molar-refractivity contribution < 1.29 is 22.7 Å². The summed E-state index contributed by atoms with van der Waals surface area (Å²) < 4.78 is 39.4. The van der Waals surface area contributed by atoms with E-state index in [0.717, 1.165) is 5.56 Å². The van der Waals surface area contributed by atoms with E-state index >= 15 is 0 Å². The summed E-state index contributed by atoms with van der Waals surface area (Å²) in [5.41, 5.74) is 1.000. The summed E-state index contributed by atoms with van der Waals surface area (Å²) in [6, 6.07) is 14.3. The number of ether oxygens (including phenoxy) is 2. The first-order chi connectivity index (χ1) is 15.4. The molecule has 1 heterocycles. The van der Waals surface area contributed by atoms with Gasteiger partial charge < -0.3 is 19.7 Å². The van der Waals surface area contributed by atoms with Gasteiger partial charge in [0.05, 0.1) is 20.8 Å². The first kappa shape index (κ1) is 24.0. The maximum absolute atomic E-state index is 13.8. The van der Waals surface area contributed by atoms with Gasteiger partial charge in [0.2, 0.25) is 15.9 Å². The number of methoxy groups -OCH3 is 2. The van der Waals surface area contributed by atoms with E-state index in [4.69, 9.17) is 9.47 Å². The fourth-order valence-corrected chi connectivity index (χ4v) is 5.38. The quantitative estimate of drug-likeness (QED) is 0.614. The Bertz CT molecular complexity index is 1010. The Hall–Kier alpha value is -2.62. The summed E-state index contributed by atoms with van der Waals surface area (Å²) in [6.07, 6.45) is 0. The van der Waals surface area contributed by atoms with Crippen molar-refractivity contribution in [1.29, 1.82) is 0 Å². The van der Waals surface area contributed by atoms with Gasteiger partial charge in [0, 0.05) is 38.8 Å². The third-order valence-electron chi connectivity index (χ3n) is 5.62. The molecule has 8 nitrogen and oxygen atoms in total. The number of rotatable bonds is 9. The largest absolute Gasteiger partial charge is 0.497 e. The molecule has 1 amide bonds. The normalized spacial score (nSPS) is 15.4. The molecule has 1 atom stereocenters. The average Bonchev–Trinajstić information content (AvgIpc) is 2.84. The van der Waals surface area contributed by atoms with E-state index in [1.807, 2.05) is 37.3 Å². The molecule has 0 aliphatic carbocycles. The van der Waals surface area contributed by atoms with Crippen molar-refractivity contribution in [3.63, 3.8) is 0 Å². The summed E-state index contributed by atoms with van der Waals surface area (Å²) in [4.78, 5) is 14.7. The van der Waals surface area contributed by atoms with Crippen LogP contribution in [0.25, 0.3) is 0 Å². The Kier molecular flexibility index (Phi) is 8.11. The van der Waals surface area contributed by atoms with Crippen LogP contribution in [0.3, 0.4) is 0 Å². The van der Waals surface area contributed by atoms with Gasteiger partial charge in [-0.1, -0.05) is 37.3 Å². The van der Waals surface area contributed by atoms with E-state index in [2.05, 4.69) is 5.32 Å². The molecule has 0 aromatic heterocycles. The number of benzene rings is 2. The minimum atomic E-state index is -4.05. The van der Waals surface area contributed by atoms with Crippen molar-refractivity contribution in [2.24, 2.45) is 0 Å². The Morgan fingerprint density at radius 1 is 1.09 bits per heavy atom. The molecule has 32 heavy (non-hydrogen) atoms. The van der Waals surface area contributed by atoms with Crippen LogP contribution in [0.2, 0.25) is 0 Å². The van der Waals surface area contributed by atoms with Gasteiger partial charge in [-0.3, -0.25) is 4.79 Å². The minimum absolute atomic E-state index is 0.0206. The van der Waals surface area contributed by atoms with Crippen LogP contribution in [0.4, 0.5) is 0 Å². The summed E-state index contributed by atoms with van der Waals surface area (Å²) in [5, 5.41) is 3.20. The average molecular weight is 462 g/mol. The lowest BCUT2D eigenvalue weighted by molar-refractivity contribution is -0.132. The zero-order valence-corrected chi connectivity index (χ0v) is 19.6. The predicted molar refractivity (Wildman–Crippen MR) is 123 cm³/mol. The summed E-state index contributed by atoms with van der Waals surface area (Å²) in [5.74, 6) is 0.280. The number of carbonyl (C=O) groups is 1. The summed E-state index contributed by atoms with van der Waals surface area (Å²) >= 11 is 0. The molecule has 0 radical (unpaired) electrons. The molecule has 3 rings (SSSR count). The predicted octanol–water partition coefficient (Wildman–Crippen LogP) is 1.93. The molecular formula is C23H31N3O5S. The Labute approximate surface area is 190 Å². The lowest BCUT2D eigenvalue weighted by Gasteiger charge is -2.31. The van der Waals surface area contributed by atoms with Crippen LogP contribution in [-0.2, 0) is 14.8 Å². The maximum Gasteiger partial charge on any atom is 0.247 e. The standard InChI is InChI=1S/C23H31N3O5S/c1-18(19-7-5-4-6-8-19)16-26(17-23(27)25-13-11-24-12-14-25)32(28,29)22-15-20(30-2)9-10-21(22)31-3/h4-10,15,18,24H,11-14,16-17H2,1-3H3/t18-/m0/s1. The monoisotopic (exact) mass is 461 g/mol. The molecule has 1 fully saturated rings. The van der Waals surface area contributed by atoms with Crippen LogP contribution in [0, 0.1) is 0 Å². The molecule has 0 saturated carbocycles. The fraction of sp³-hybridized carbons (Fsp3) is 0.435. The number of nitrogens with zero attached hydrogens (tertiary/aromatic N) is 2. The third-order valence-corrected chi connectivity index (χ3v) is 7.45. The van der Waals surface area contributed by atoms with Crippen molar-refractivity contribution in [2.75, 3.05) is 53.5 Å². The van der Waals surface area contributed by atoms with Crippen molar-refractivity contribution in [1.82, 2.24) is 14.5 Å². The van der Waals surface area contributed by atoms with Crippen LogP contribution >= 0.6 is 0 Å². The molecule has 1 N–H and O–H groups in total. The van der Waals surface area contributed by atoms with Crippen molar-refractivity contribution >= 4 is 15.9 Å². The number of hydrogen-bond acceptors (Lipinski definition) is 6. The number of amides is 1. The molecule has 0 bridgehead atoms. The van der Waals surface area contributed by atoms with Gasteiger partial charge in [-0.25, -0.2) is 8.42 Å². The van der Waals surface area contributed by atoms with Gasteiger partial charge in [-0.15, -0.1) is 0 Å². The maximum atomic E-state index is 13.8. The SMILES string of the molecule is COc1ccc(OC)c(S(=O)(=O)N(CC(=O)N2CCNCC2)C[C@H](C)c2ccccc2)c1. The smallest absolute Gasteiger partial charge is 0.247 e. The molecule has 9 heteroatoms. The van der Waals surface area contributed by atoms with E-state index in [0.29, 0.717) is 31.9 Å². The highest BCUT2D eigenvalue weighted by molar-refractivity contribution is 7.89. The van der Waals surface area contributed by atoms with E-state index in [9.17, 15) is 13.2 Å². The minimum Gasteiger partial charge on any atom is -0.497 e. The van der Waals surface area contributed by atoms with Crippen LogP contribution in [-0.4, -0.2) is 77.0 Å². The molecule has 174 valence electrons. The van der Waals surface area contributed by atoms with Crippen LogP contribution in [0.1, 0.15) is 18.4 Å². The fourth-order valence-electron chi connectivity index (χ4n) is 3.73. The van der Waals surface area contributed by atoms with Gasteiger partial charge in [0.1, 0.15) is 16.4 Å². The zero-order chi connectivity index (χ0) is 23.1. The molecule has 0 spiro atoms. The van der Waals surface area contributed by atoms with E-state index in [1.165, 1.54) is 24.6 Å². The van der Waals surface area contributed by atoms with E-state index in [1.54, 1.807) is 17.0 Å². The van der Waals surface area contributed by atoms with Gasteiger partial charge in [0.25, 0.3) is 0 Å². The number of carbonyl (C=O) groups excluding carboxylic acids is 1. The van der Waals surface area contributed by atoms with Gasteiger partial charge in [-0.05, 0) is 23.6 Å². The second-order valence-electron chi connectivity index (χ2n) is 7.76. The molecular weight excluding hydrogens is 430 g/mol. The third kappa shape index (κ3) is 5.59. The molecule has 0 unspecified atom stereocenters. The highest BCUT2D eigenvalue weighted by Gasteiger charge is 2.33. The second kappa shape index (κ2) is 10.8. The first-order valence-electron chi connectivity index (χ1n) is 10.6. The Balaban J connectivity index is 1.95. The highest BCUT2D eigenvalue weighted by Crippen LogP contribution is 2.32. The zero-order valence-electron chi connectivity index (χ0n) is 18.8. The number of sulfonamides is 1. The number of piperazine rings is 1. The highest BCUT2D eigenvalue weighted by atomic mass is 32.2. The lowest BCUT2D eigenvalue weighted by Crippen LogP contribution is -2.50. The molecule has 1 saturated heterocycles. The van der Waals surface area contributed by atoms with Crippen LogP contribution in [0.5, 0.6) is 11.5 Å². The van der Waals surface area contributed by atoms with Gasteiger partial charge >= 0.3 is 0 Å². The second-order valence-corrected chi connectivity index (χ2v) is 9.66. The molecule has 2 aromatic rings. The first-order valence-corrected chi connectivity index (χ1v) is 12.1. The van der Waals surface area contributed by atoms with E-state index < -0.39 is 10.0 Å². The molecule has 1 aliphatic heterocycles. The lowest BCUT2D eigenvalue weighted by atomic mass is 10.0. The van der Waals surface area contributed by atoms with E-state index in [-0.39, 0.29) is 35.6 Å². The number of nitrogens with one attached hydrogen (secondary N) is 1. The van der Waals surface area contributed by atoms with Crippen LogP contribution in [0.15, 0.2) is 53.4 Å². The molecule has 1 aliphatic rings. The topological polar surface area (TPSA) is 88.2 Å². The summed E-state index contributed by atoms with van der Waals surface area (Å²) in [6.45, 7) is 4.39. The summed E-state index contributed by atoms with van der Waals surface area (Å²) in [7, 11) is -1.15. The van der Waals surface area contributed by atoms with Gasteiger partial charge in [-0.2, -0.15) is 4.31 Å². The van der Waals surface area contributed by atoms with Crippen molar-refractivity contribution in [3.05, 3.63) is 54.1 Å². The Morgan fingerprint density at radius 3 is 2.41 bits per heavy atom. The van der Waals surface area contributed by atoms with Crippen molar-refractivity contribution in [2.45, 2.75) is 17.7 Å². The molecule has 2 aromatic carbocycles. The Morgan fingerprint density at radius 2 is 1.78 bits per heavy atom.